The molecule has 0 aliphatic carbocycles. The minimum absolute atomic E-state index is 0.119. The quantitative estimate of drug-likeness (QED) is 0.326. The number of nitriles is 1. The van der Waals surface area contributed by atoms with Crippen molar-refractivity contribution < 1.29 is 9.53 Å². The third kappa shape index (κ3) is 10.4. The minimum atomic E-state index is -0.329. The van der Waals surface area contributed by atoms with Gasteiger partial charge in [0.15, 0.2) is 0 Å². The van der Waals surface area contributed by atoms with Crippen LogP contribution in [0.1, 0.15) is 46.0 Å². The van der Waals surface area contributed by atoms with Crippen molar-refractivity contribution in [2.75, 3.05) is 26.3 Å². The molecule has 0 saturated carbocycles. The van der Waals surface area contributed by atoms with Crippen molar-refractivity contribution in [3.63, 3.8) is 0 Å². The van der Waals surface area contributed by atoms with Gasteiger partial charge in [0.25, 0.3) is 5.91 Å². The molecule has 0 bridgehead atoms. The van der Waals surface area contributed by atoms with E-state index in [0.29, 0.717) is 13.2 Å². The van der Waals surface area contributed by atoms with Crippen LogP contribution in [0.15, 0.2) is 11.8 Å². The van der Waals surface area contributed by atoms with Crippen molar-refractivity contribution in [3.8, 4) is 6.07 Å². The maximum Gasteiger partial charge on any atom is 0.263 e. The largest absolute Gasteiger partial charge is 0.390 e. The summed E-state index contributed by atoms with van der Waals surface area (Å²) in [7, 11) is 0. The molecular weight excluding hydrogens is 254 g/mol. The molecule has 0 rings (SSSR count). The topological polar surface area (TPSA) is 74.2 Å². The van der Waals surface area contributed by atoms with E-state index >= 15 is 0 Å². The Morgan fingerprint density at radius 3 is 2.50 bits per heavy atom. The van der Waals surface area contributed by atoms with Gasteiger partial charge in [0.1, 0.15) is 11.6 Å². The van der Waals surface area contributed by atoms with E-state index < -0.39 is 0 Å². The Kier molecular flexibility index (Phi) is 12.8. The van der Waals surface area contributed by atoms with Crippen LogP contribution in [0.25, 0.3) is 0 Å². The second kappa shape index (κ2) is 13.9. The Labute approximate surface area is 122 Å². The normalized spacial score (nSPS) is 10.9. The maximum atomic E-state index is 11.7. The van der Waals surface area contributed by atoms with Crippen LogP contribution in [0.5, 0.6) is 0 Å². The number of hydrogen-bond donors (Lipinski definition) is 2. The molecule has 5 heteroatoms. The summed E-state index contributed by atoms with van der Waals surface area (Å²) in [5, 5.41) is 14.6. The van der Waals surface area contributed by atoms with Crippen LogP contribution in [0.4, 0.5) is 0 Å². The molecule has 5 nitrogen and oxygen atoms in total. The summed E-state index contributed by atoms with van der Waals surface area (Å²) in [6.07, 6.45) is 6.54. The Bertz CT molecular complexity index is 322. The van der Waals surface area contributed by atoms with Gasteiger partial charge in [0.2, 0.25) is 0 Å². The first-order valence-corrected chi connectivity index (χ1v) is 7.45. The van der Waals surface area contributed by atoms with Crippen molar-refractivity contribution in [1.82, 2.24) is 10.6 Å². The lowest BCUT2D eigenvalue weighted by Crippen LogP contribution is -2.27. The highest BCUT2D eigenvalue weighted by Crippen LogP contribution is 1.93. The fourth-order valence-electron chi connectivity index (χ4n) is 1.42. The molecule has 1 amide bonds. The van der Waals surface area contributed by atoms with E-state index in [1.807, 2.05) is 6.07 Å². The lowest BCUT2D eigenvalue weighted by atomic mass is 10.3. The Hall–Kier alpha value is -1.54. The molecule has 0 fully saturated rings. The summed E-state index contributed by atoms with van der Waals surface area (Å²) in [5.74, 6) is -0.329. The number of carbonyl (C=O) groups is 1. The van der Waals surface area contributed by atoms with Crippen LogP contribution in [0.2, 0.25) is 0 Å². The van der Waals surface area contributed by atoms with Crippen molar-refractivity contribution in [3.05, 3.63) is 11.8 Å². The number of ether oxygens (including phenoxy) is 1. The lowest BCUT2D eigenvalue weighted by molar-refractivity contribution is -0.117. The van der Waals surface area contributed by atoms with E-state index in [2.05, 4.69) is 24.5 Å². The van der Waals surface area contributed by atoms with Gasteiger partial charge in [-0.3, -0.25) is 4.79 Å². The van der Waals surface area contributed by atoms with Crippen LogP contribution in [0.3, 0.4) is 0 Å². The number of rotatable bonds is 12. The van der Waals surface area contributed by atoms with E-state index in [-0.39, 0.29) is 11.5 Å². The third-order valence-electron chi connectivity index (χ3n) is 2.68. The highest BCUT2D eigenvalue weighted by Gasteiger charge is 2.07. The van der Waals surface area contributed by atoms with Crippen LogP contribution >= 0.6 is 0 Å². The number of amides is 1. The maximum absolute atomic E-state index is 11.7. The van der Waals surface area contributed by atoms with Gasteiger partial charge in [0.05, 0.1) is 0 Å². The number of hydrogen-bond acceptors (Lipinski definition) is 4. The first kappa shape index (κ1) is 18.5. The standard InChI is InChI=1S/C15H27N3O2/c1-3-5-8-17-13-14(12-16)15(19)18-9-7-11-20-10-6-4-2/h13,17H,3-11H2,1-2H3,(H,18,19)/b14-13-. The molecule has 0 radical (unpaired) electrons. The first-order valence-electron chi connectivity index (χ1n) is 7.45. The molecule has 0 atom stereocenters. The van der Waals surface area contributed by atoms with Gasteiger partial charge >= 0.3 is 0 Å². The van der Waals surface area contributed by atoms with Gasteiger partial charge in [0, 0.05) is 32.5 Å². The molecule has 0 aromatic heterocycles. The van der Waals surface area contributed by atoms with Gasteiger partial charge < -0.3 is 15.4 Å². The van der Waals surface area contributed by atoms with E-state index in [0.717, 1.165) is 45.3 Å². The smallest absolute Gasteiger partial charge is 0.263 e. The monoisotopic (exact) mass is 281 g/mol. The first-order chi connectivity index (χ1) is 9.76. The van der Waals surface area contributed by atoms with Crippen LogP contribution in [0, 0.1) is 11.3 Å². The van der Waals surface area contributed by atoms with E-state index in [1.54, 1.807) is 0 Å². The predicted molar refractivity (Wildman–Crippen MR) is 80.0 cm³/mol. The second-order valence-corrected chi connectivity index (χ2v) is 4.55. The summed E-state index contributed by atoms with van der Waals surface area (Å²) in [4.78, 5) is 11.7. The highest BCUT2D eigenvalue weighted by molar-refractivity contribution is 5.97. The zero-order valence-electron chi connectivity index (χ0n) is 12.7. The Morgan fingerprint density at radius 2 is 1.85 bits per heavy atom. The van der Waals surface area contributed by atoms with Crippen molar-refractivity contribution in [2.45, 2.75) is 46.0 Å². The SMILES string of the molecule is CCCCN/C=C(/C#N)C(=O)NCCCOCCCC. The van der Waals surface area contributed by atoms with Gasteiger partial charge in [-0.2, -0.15) is 5.26 Å². The summed E-state index contributed by atoms with van der Waals surface area (Å²) < 4.78 is 5.39. The average Bonchev–Trinajstić information content (AvgIpc) is 2.46. The van der Waals surface area contributed by atoms with E-state index in [1.165, 1.54) is 6.20 Å². The number of unbranched alkanes of at least 4 members (excludes halogenated alkanes) is 2. The van der Waals surface area contributed by atoms with Gasteiger partial charge in [-0.1, -0.05) is 26.7 Å². The van der Waals surface area contributed by atoms with E-state index in [9.17, 15) is 4.79 Å². The number of nitrogens with zero attached hydrogens (tertiary/aromatic N) is 1. The number of nitrogens with one attached hydrogen (secondary N) is 2. The molecule has 0 aliphatic heterocycles. The zero-order valence-corrected chi connectivity index (χ0v) is 12.7. The second-order valence-electron chi connectivity index (χ2n) is 4.55. The van der Waals surface area contributed by atoms with Crippen molar-refractivity contribution in [1.29, 1.82) is 5.26 Å². The summed E-state index contributed by atoms with van der Waals surface area (Å²) >= 11 is 0. The minimum Gasteiger partial charge on any atom is -0.390 e. The van der Waals surface area contributed by atoms with Crippen molar-refractivity contribution >= 4 is 5.91 Å². The third-order valence-corrected chi connectivity index (χ3v) is 2.68. The molecule has 0 aromatic carbocycles. The fourth-order valence-corrected chi connectivity index (χ4v) is 1.42. The lowest BCUT2D eigenvalue weighted by Gasteiger charge is -2.06. The van der Waals surface area contributed by atoms with Crippen LogP contribution in [-0.2, 0) is 9.53 Å². The summed E-state index contributed by atoms with van der Waals surface area (Å²) in [5.41, 5.74) is 0.119. The predicted octanol–water partition coefficient (Wildman–Crippen LogP) is 2.11. The van der Waals surface area contributed by atoms with Gasteiger partial charge in [-0.05, 0) is 19.3 Å². The highest BCUT2D eigenvalue weighted by atomic mass is 16.5. The van der Waals surface area contributed by atoms with E-state index in [4.69, 9.17) is 10.00 Å². The van der Waals surface area contributed by atoms with Crippen LogP contribution < -0.4 is 10.6 Å². The summed E-state index contributed by atoms with van der Waals surface area (Å²) in [6.45, 7) is 6.93. The number of carbonyl (C=O) groups excluding carboxylic acids is 1. The molecule has 0 aromatic rings. The average molecular weight is 281 g/mol. The summed E-state index contributed by atoms with van der Waals surface area (Å²) in [6, 6.07) is 1.90. The molecular formula is C15H27N3O2. The van der Waals surface area contributed by atoms with Crippen LogP contribution in [-0.4, -0.2) is 32.2 Å². The zero-order chi connectivity index (χ0) is 15.1. The van der Waals surface area contributed by atoms with Gasteiger partial charge in [-0.25, -0.2) is 0 Å². The van der Waals surface area contributed by atoms with Crippen molar-refractivity contribution in [2.24, 2.45) is 0 Å². The Morgan fingerprint density at radius 1 is 1.15 bits per heavy atom. The van der Waals surface area contributed by atoms with Gasteiger partial charge in [-0.15, -0.1) is 0 Å². The molecule has 2 N–H and O–H groups in total. The fraction of sp³-hybridized carbons (Fsp3) is 0.733. The molecule has 114 valence electrons. The molecule has 20 heavy (non-hydrogen) atoms. The molecule has 0 aliphatic rings. The Balaban J connectivity index is 3.74. The molecule has 0 saturated heterocycles. The molecule has 0 unspecified atom stereocenters. The molecule has 0 heterocycles. The molecule has 0 spiro atoms.